The van der Waals surface area contributed by atoms with Crippen LogP contribution in [0.5, 0.6) is 0 Å². The first kappa shape index (κ1) is 13.8. The van der Waals surface area contributed by atoms with Gasteiger partial charge in [0.2, 0.25) is 0 Å². The van der Waals surface area contributed by atoms with Gasteiger partial charge in [0, 0.05) is 5.41 Å². The van der Waals surface area contributed by atoms with Gasteiger partial charge in [-0.05, 0) is 12.8 Å². The predicted molar refractivity (Wildman–Crippen MR) is 50.6 cm³/mol. The van der Waals surface area contributed by atoms with Gasteiger partial charge in [-0.25, -0.2) is 0 Å². The molecule has 0 amide bonds. The minimum Gasteiger partial charge on any atom is -0.396 e. The zero-order valence-corrected chi connectivity index (χ0v) is 8.52. The average molecular weight is 208 g/mol. The molecule has 0 saturated carbocycles. The molecule has 0 spiro atoms. The second-order valence-electron chi connectivity index (χ2n) is 3.46. The van der Waals surface area contributed by atoms with Crippen molar-refractivity contribution in [2.75, 3.05) is 26.4 Å². The normalized spacial score (nSPS) is 14.4. The van der Waals surface area contributed by atoms with Gasteiger partial charge < -0.3 is 25.2 Å². The van der Waals surface area contributed by atoms with E-state index in [4.69, 9.17) is 25.2 Å². The van der Waals surface area contributed by atoms with E-state index in [9.17, 15) is 0 Å². The van der Waals surface area contributed by atoms with Gasteiger partial charge in [-0.15, -0.1) is 0 Å². The van der Waals surface area contributed by atoms with Gasteiger partial charge in [-0.1, -0.05) is 6.92 Å². The molecule has 1 atom stereocenters. The predicted octanol–water partition coefficient (Wildman–Crippen LogP) is -0.915. The van der Waals surface area contributed by atoms with Gasteiger partial charge in [-0.2, -0.15) is 0 Å². The lowest BCUT2D eigenvalue weighted by Gasteiger charge is -2.27. The molecule has 0 radical (unpaired) electrons. The summed E-state index contributed by atoms with van der Waals surface area (Å²) < 4.78 is 4.97. The van der Waals surface area contributed by atoms with Crippen molar-refractivity contribution in [2.45, 2.75) is 26.1 Å². The summed E-state index contributed by atoms with van der Waals surface area (Å²) in [5.74, 6) is 0. The van der Waals surface area contributed by atoms with E-state index in [2.05, 4.69) is 0 Å². The lowest BCUT2D eigenvalue weighted by molar-refractivity contribution is -0.116. The van der Waals surface area contributed by atoms with Crippen LogP contribution in [0, 0.1) is 5.41 Å². The highest BCUT2D eigenvalue weighted by Gasteiger charge is 2.27. The third-order valence-electron chi connectivity index (χ3n) is 2.30. The Hall–Kier alpha value is -0.200. The Labute approximate surface area is 83.9 Å². The lowest BCUT2D eigenvalue weighted by atomic mass is 9.88. The maximum atomic E-state index is 9.06. The molecule has 14 heavy (non-hydrogen) atoms. The van der Waals surface area contributed by atoms with E-state index >= 15 is 0 Å². The lowest BCUT2D eigenvalue weighted by Crippen LogP contribution is -2.35. The van der Waals surface area contributed by atoms with E-state index in [0.717, 1.165) is 0 Å². The molecular weight excluding hydrogens is 188 g/mol. The van der Waals surface area contributed by atoms with Gasteiger partial charge in [-0.3, -0.25) is 0 Å². The number of aliphatic hydroxyl groups is 4. The van der Waals surface area contributed by atoms with Crippen LogP contribution in [0.2, 0.25) is 0 Å². The summed E-state index contributed by atoms with van der Waals surface area (Å²) in [5.41, 5.74) is -0.909. The summed E-state index contributed by atoms with van der Waals surface area (Å²) in [7, 11) is 0. The summed E-state index contributed by atoms with van der Waals surface area (Å²) in [4.78, 5) is 0. The highest BCUT2D eigenvalue weighted by Crippen LogP contribution is 2.20. The van der Waals surface area contributed by atoms with Crippen molar-refractivity contribution in [2.24, 2.45) is 5.41 Å². The molecule has 5 nitrogen and oxygen atoms in total. The smallest absolute Gasteiger partial charge is 0.154 e. The van der Waals surface area contributed by atoms with Crippen LogP contribution in [0.4, 0.5) is 0 Å². The van der Waals surface area contributed by atoms with Crippen LogP contribution < -0.4 is 0 Å². The van der Waals surface area contributed by atoms with Gasteiger partial charge in [0.15, 0.2) is 6.29 Å². The standard InChI is InChI=1S/C9H20O5/c1-2-8(13)14-4-3-9(5-10,6-11)7-12/h8,10-13H,2-7H2,1H3. The Morgan fingerprint density at radius 1 is 1.14 bits per heavy atom. The largest absolute Gasteiger partial charge is 0.396 e. The maximum Gasteiger partial charge on any atom is 0.154 e. The molecule has 0 aromatic heterocycles. The molecule has 0 fully saturated rings. The Morgan fingerprint density at radius 3 is 2.00 bits per heavy atom. The Kier molecular flexibility index (Phi) is 7.04. The van der Waals surface area contributed by atoms with Crippen molar-refractivity contribution in [1.29, 1.82) is 0 Å². The van der Waals surface area contributed by atoms with Crippen LogP contribution in [-0.4, -0.2) is 53.1 Å². The molecule has 0 aliphatic rings. The fourth-order valence-electron chi connectivity index (χ4n) is 0.916. The molecular formula is C9H20O5. The van der Waals surface area contributed by atoms with Gasteiger partial charge in [0.25, 0.3) is 0 Å². The number of rotatable bonds is 8. The molecule has 0 aliphatic heterocycles. The number of hydrogen-bond acceptors (Lipinski definition) is 5. The van der Waals surface area contributed by atoms with Gasteiger partial charge in [0.1, 0.15) is 0 Å². The summed E-state index contributed by atoms with van der Waals surface area (Å²) in [6.07, 6.45) is -0.0124. The summed E-state index contributed by atoms with van der Waals surface area (Å²) in [6, 6.07) is 0. The molecule has 0 rings (SSSR count). The van der Waals surface area contributed by atoms with Crippen LogP contribution in [0.25, 0.3) is 0 Å². The van der Waals surface area contributed by atoms with Crippen molar-refractivity contribution in [1.82, 2.24) is 0 Å². The summed E-state index contributed by atoms with van der Waals surface area (Å²) in [5, 5.41) is 35.9. The first-order valence-corrected chi connectivity index (χ1v) is 4.76. The second-order valence-corrected chi connectivity index (χ2v) is 3.46. The van der Waals surface area contributed by atoms with Crippen LogP contribution in [0.15, 0.2) is 0 Å². The van der Waals surface area contributed by atoms with E-state index in [-0.39, 0.29) is 26.4 Å². The summed E-state index contributed by atoms with van der Waals surface area (Å²) in [6.45, 7) is 1.08. The van der Waals surface area contributed by atoms with E-state index in [0.29, 0.717) is 12.8 Å². The first-order valence-electron chi connectivity index (χ1n) is 4.76. The zero-order valence-electron chi connectivity index (χ0n) is 8.52. The van der Waals surface area contributed by atoms with Gasteiger partial charge in [0.05, 0.1) is 26.4 Å². The van der Waals surface area contributed by atoms with E-state index in [1.165, 1.54) is 0 Å². The molecule has 86 valence electrons. The van der Waals surface area contributed by atoms with Crippen molar-refractivity contribution >= 4 is 0 Å². The summed E-state index contributed by atoms with van der Waals surface area (Å²) >= 11 is 0. The third kappa shape index (κ3) is 4.34. The number of hydrogen-bond donors (Lipinski definition) is 4. The molecule has 0 bridgehead atoms. The average Bonchev–Trinajstić information content (AvgIpc) is 2.25. The van der Waals surface area contributed by atoms with Crippen LogP contribution >= 0.6 is 0 Å². The van der Waals surface area contributed by atoms with Crippen molar-refractivity contribution in [3.8, 4) is 0 Å². The third-order valence-corrected chi connectivity index (χ3v) is 2.30. The highest BCUT2D eigenvalue weighted by atomic mass is 16.6. The maximum absolute atomic E-state index is 9.06. The molecule has 0 heterocycles. The topological polar surface area (TPSA) is 90.2 Å². The van der Waals surface area contributed by atoms with Gasteiger partial charge >= 0.3 is 0 Å². The van der Waals surface area contributed by atoms with E-state index < -0.39 is 11.7 Å². The highest BCUT2D eigenvalue weighted by molar-refractivity contribution is 4.76. The van der Waals surface area contributed by atoms with Crippen molar-refractivity contribution in [3.63, 3.8) is 0 Å². The van der Waals surface area contributed by atoms with E-state index in [1.807, 2.05) is 0 Å². The van der Waals surface area contributed by atoms with Crippen molar-refractivity contribution in [3.05, 3.63) is 0 Å². The molecule has 1 unspecified atom stereocenters. The second kappa shape index (κ2) is 7.14. The number of ether oxygens (including phenoxy) is 1. The SMILES string of the molecule is CCC(O)OCCC(CO)(CO)CO. The molecule has 0 aliphatic carbocycles. The Bertz CT molecular complexity index is 127. The first-order chi connectivity index (χ1) is 6.64. The fraction of sp³-hybridized carbons (Fsp3) is 1.00. The monoisotopic (exact) mass is 208 g/mol. The van der Waals surface area contributed by atoms with Crippen molar-refractivity contribution < 1.29 is 25.2 Å². The van der Waals surface area contributed by atoms with Crippen LogP contribution in [-0.2, 0) is 4.74 Å². The van der Waals surface area contributed by atoms with Crippen LogP contribution in [0.1, 0.15) is 19.8 Å². The van der Waals surface area contributed by atoms with E-state index in [1.54, 1.807) is 6.92 Å². The Balaban J connectivity index is 3.82. The minimum absolute atomic E-state index is 0.205. The van der Waals surface area contributed by atoms with Crippen LogP contribution in [0.3, 0.4) is 0 Å². The molecule has 4 N–H and O–H groups in total. The molecule has 0 aromatic rings. The zero-order chi connectivity index (χ0) is 11.0. The quantitative estimate of drug-likeness (QED) is 0.387. The number of aliphatic hydroxyl groups excluding tert-OH is 4. The molecule has 5 heteroatoms. The Morgan fingerprint density at radius 2 is 1.64 bits per heavy atom. The fourth-order valence-corrected chi connectivity index (χ4v) is 0.916. The molecule has 0 saturated heterocycles. The minimum atomic E-state index is -0.909. The molecule has 0 aromatic carbocycles.